The number of hydrogen-bond donors (Lipinski definition) is 2. The van der Waals surface area contributed by atoms with E-state index < -0.39 is 0 Å². The first kappa shape index (κ1) is 16.6. The number of thiazole rings is 1. The largest absolute Gasteiger partial charge is 0.375 e. The van der Waals surface area contributed by atoms with Crippen molar-refractivity contribution in [3.05, 3.63) is 47.7 Å². The highest BCUT2D eigenvalue weighted by molar-refractivity contribution is 7.19. The van der Waals surface area contributed by atoms with Crippen LogP contribution in [-0.2, 0) is 4.79 Å². The van der Waals surface area contributed by atoms with E-state index in [0.717, 1.165) is 21.7 Å². The smallest absolute Gasteiger partial charge is 0.222 e. The zero-order valence-corrected chi connectivity index (χ0v) is 14.5. The van der Waals surface area contributed by atoms with Gasteiger partial charge >= 0.3 is 0 Å². The Balaban J connectivity index is 2.14. The number of nitrogen functional groups attached to an aromatic ring is 1. The van der Waals surface area contributed by atoms with Crippen molar-refractivity contribution in [2.45, 2.75) is 13.8 Å². The van der Waals surface area contributed by atoms with E-state index in [1.165, 1.54) is 18.3 Å². The number of anilines is 2. The molecule has 6 nitrogen and oxygen atoms in total. The highest BCUT2D eigenvalue weighted by Crippen LogP contribution is 2.39. The van der Waals surface area contributed by atoms with Crippen LogP contribution in [0.2, 0.25) is 0 Å². The Bertz CT molecular complexity index is 1000. The molecule has 0 radical (unpaired) electrons. The zero-order chi connectivity index (χ0) is 18.0. The molecule has 3 aromatic rings. The Morgan fingerprint density at radius 2 is 2.04 bits per heavy atom. The molecule has 3 rings (SSSR count). The fraction of sp³-hybridized carbons (Fsp3) is 0.111. The number of hydrogen-bond acceptors (Lipinski definition) is 6. The van der Waals surface area contributed by atoms with E-state index >= 15 is 0 Å². The second-order valence-corrected chi connectivity index (χ2v) is 6.52. The van der Waals surface area contributed by atoms with Crippen molar-refractivity contribution in [2.24, 2.45) is 0 Å². The van der Waals surface area contributed by atoms with Gasteiger partial charge in [-0.15, -0.1) is 0 Å². The summed E-state index contributed by atoms with van der Waals surface area (Å²) in [6.45, 7) is 3.29. The predicted octanol–water partition coefficient (Wildman–Crippen LogP) is 3.59. The molecule has 0 bridgehead atoms. The molecule has 0 fully saturated rings. The SMILES string of the molecule is CC(=O)Nc1cc(-c2sc(N)nc2-c2cccc(C#N)c2)cc(C)n1. The van der Waals surface area contributed by atoms with Crippen molar-refractivity contribution in [3.63, 3.8) is 0 Å². The van der Waals surface area contributed by atoms with Crippen LogP contribution in [0.1, 0.15) is 18.2 Å². The zero-order valence-electron chi connectivity index (χ0n) is 13.7. The van der Waals surface area contributed by atoms with Gasteiger partial charge in [0.25, 0.3) is 0 Å². The summed E-state index contributed by atoms with van der Waals surface area (Å²) in [5.41, 5.74) is 9.65. The molecule has 1 aromatic carbocycles. The normalized spacial score (nSPS) is 10.3. The van der Waals surface area contributed by atoms with Crippen molar-refractivity contribution in [1.82, 2.24) is 9.97 Å². The van der Waals surface area contributed by atoms with Gasteiger partial charge in [-0.1, -0.05) is 23.5 Å². The Kier molecular flexibility index (Phi) is 4.46. The molecule has 2 aromatic heterocycles. The van der Waals surface area contributed by atoms with Gasteiger partial charge in [0.05, 0.1) is 22.2 Å². The van der Waals surface area contributed by atoms with Crippen LogP contribution in [0.4, 0.5) is 10.9 Å². The maximum atomic E-state index is 11.3. The van der Waals surface area contributed by atoms with E-state index in [1.54, 1.807) is 18.2 Å². The molecule has 25 heavy (non-hydrogen) atoms. The van der Waals surface area contributed by atoms with Crippen LogP contribution in [0.25, 0.3) is 21.7 Å². The standard InChI is InChI=1S/C18H15N5OS/c1-10-6-14(8-15(21-10)22-11(2)24)17-16(23-18(20)25-17)13-5-3-4-12(7-13)9-19/h3-8H,1-2H3,(H2,20,23)(H,21,22,24). The fourth-order valence-corrected chi connectivity index (χ4v) is 3.35. The molecule has 0 saturated heterocycles. The average Bonchev–Trinajstić information content (AvgIpc) is 2.96. The Morgan fingerprint density at radius 1 is 1.24 bits per heavy atom. The lowest BCUT2D eigenvalue weighted by Crippen LogP contribution is -2.07. The molecular weight excluding hydrogens is 334 g/mol. The lowest BCUT2D eigenvalue weighted by molar-refractivity contribution is -0.114. The highest BCUT2D eigenvalue weighted by atomic mass is 32.1. The van der Waals surface area contributed by atoms with Crippen LogP contribution in [0.3, 0.4) is 0 Å². The molecular formula is C18H15N5OS. The summed E-state index contributed by atoms with van der Waals surface area (Å²) >= 11 is 1.36. The maximum Gasteiger partial charge on any atom is 0.222 e. The van der Waals surface area contributed by atoms with E-state index in [4.69, 9.17) is 11.0 Å². The van der Waals surface area contributed by atoms with Gasteiger partial charge in [-0.3, -0.25) is 4.79 Å². The Hall–Kier alpha value is -3.24. The average molecular weight is 349 g/mol. The fourth-order valence-electron chi connectivity index (χ4n) is 2.51. The molecule has 3 N–H and O–H groups in total. The lowest BCUT2D eigenvalue weighted by atomic mass is 10.0. The monoisotopic (exact) mass is 349 g/mol. The van der Waals surface area contributed by atoms with Gasteiger partial charge in [0.2, 0.25) is 5.91 Å². The maximum absolute atomic E-state index is 11.3. The van der Waals surface area contributed by atoms with Gasteiger partial charge in [-0.25, -0.2) is 9.97 Å². The number of carbonyl (C=O) groups excluding carboxylic acids is 1. The molecule has 2 heterocycles. The molecule has 124 valence electrons. The minimum absolute atomic E-state index is 0.185. The van der Waals surface area contributed by atoms with Crippen LogP contribution < -0.4 is 11.1 Å². The summed E-state index contributed by atoms with van der Waals surface area (Å²) in [4.78, 5) is 20.9. The number of nitriles is 1. The van der Waals surface area contributed by atoms with Crippen molar-refractivity contribution in [3.8, 4) is 27.8 Å². The van der Waals surface area contributed by atoms with Crippen LogP contribution in [0.5, 0.6) is 0 Å². The third-order valence-electron chi connectivity index (χ3n) is 3.43. The van der Waals surface area contributed by atoms with Crippen LogP contribution >= 0.6 is 11.3 Å². The van der Waals surface area contributed by atoms with Gasteiger partial charge in [-0.2, -0.15) is 5.26 Å². The molecule has 0 unspecified atom stereocenters. The molecule has 7 heteroatoms. The number of amides is 1. The third kappa shape index (κ3) is 3.65. The highest BCUT2D eigenvalue weighted by Gasteiger charge is 2.16. The van der Waals surface area contributed by atoms with Crippen molar-refractivity contribution >= 4 is 28.2 Å². The van der Waals surface area contributed by atoms with Gasteiger partial charge in [0.15, 0.2) is 5.13 Å². The summed E-state index contributed by atoms with van der Waals surface area (Å²) in [6, 6.07) is 13.1. The molecule has 0 aliphatic heterocycles. The number of aromatic nitrogens is 2. The quantitative estimate of drug-likeness (QED) is 0.752. The number of carbonyl (C=O) groups is 1. The van der Waals surface area contributed by atoms with E-state index in [0.29, 0.717) is 22.2 Å². The van der Waals surface area contributed by atoms with Crippen LogP contribution in [-0.4, -0.2) is 15.9 Å². The number of benzene rings is 1. The van der Waals surface area contributed by atoms with Gasteiger partial charge < -0.3 is 11.1 Å². The molecule has 1 amide bonds. The molecule has 0 aliphatic carbocycles. The second-order valence-electron chi connectivity index (χ2n) is 5.49. The van der Waals surface area contributed by atoms with Crippen LogP contribution in [0, 0.1) is 18.3 Å². The van der Waals surface area contributed by atoms with E-state index in [9.17, 15) is 4.79 Å². The van der Waals surface area contributed by atoms with Crippen molar-refractivity contribution in [2.75, 3.05) is 11.1 Å². The first-order valence-corrected chi connectivity index (χ1v) is 8.31. The molecule has 0 aliphatic rings. The second kappa shape index (κ2) is 6.71. The van der Waals surface area contributed by atoms with Crippen molar-refractivity contribution < 1.29 is 4.79 Å². The van der Waals surface area contributed by atoms with E-state index in [1.807, 2.05) is 25.1 Å². The first-order valence-electron chi connectivity index (χ1n) is 7.50. The molecule has 0 spiro atoms. The third-order valence-corrected chi connectivity index (χ3v) is 4.36. The van der Waals surface area contributed by atoms with Crippen LogP contribution in [0.15, 0.2) is 36.4 Å². The summed E-state index contributed by atoms with van der Waals surface area (Å²) in [7, 11) is 0. The number of nitrogens with two attached hydrogens (primary N) is 1. The van der Waals surface area contributed by atoms with Gasteiger partial charge in [0, 0.05) is 18.2 Å². The Morgan fingerprint density at radius 3 is 2.76 bits per heavy atom. The predicted molar refractivity (Wildman–Crippen MR) is 98.9 cm³/mol. The topological polar surface area (TPSA) is 105 Å². The van der Waals surface area contributed by atoms with E-state index in [2.05, 4.69) is 21.4 Å². The van der Waals surface area contributed by atoms with Gasteiger partial charge in [-0.05, 0) is 36.8 Å². The number of pyridine rings is 1. The summed E-state index contributed by atoms with van der Waals surface area (Å²) in [6.07, 6.45) is 0. The number of rotatable bonds is 3. The summed E-state index contributed by atoms with van der Waals surface area (Å²) < 4.78 is 0. The minimum Gasteiger partial charge on any atom is -0.375 e. The molecule has 0 atom stereocenters. The Labute approximate surface area is 149 Å². The van der Waals surface area contributed by atoms with Gasteiger partial charge in [0.1, 0.15) is 5.82 Å². The lowest BCUT2D eigenvalue weighted by Gasteiger charge is -2.08. The first-order chi connectivity index (χ1) is 12.0. The van der Waals surface area contributed by atoms with Crippen molar-refractivity contribution in [1.29, 1.82) is 5.26 Å². The van der Waals surface area contributed by atoms with E-state index in [-0.39, 0.29) is 5.91 Å². The number of nitrogens with zero attached hydrogens (tertiary/aromatic N) is 3. The number of nitrogens with one attached hydrogen (secondary N) is 1. The minimum atomic E-state index is -0.185. The summed E-state index contributed by atoms with van der Waals surface area (Å²) in [5, 5.41) is 12.2. The molecule has 0 saturated carbocycles. The number of aryl methyl sites for hydroxylation is 1. The summed E-state index contributed by atoms with van der Waals surface area (Å²) in [5.74, 6) is 0.293.